The van der Waals surface area contributed by atoms with Crippen LogP contribution < -0.4 is 14.4 Å². The summed E-state index contributed by atoms with van der Waals surface area (Å²) >= 11 is 6.39. The zero-order valence-corrected chi connectivity index (χ0v) is 28.4. The molecule has 0 fully saturated rings. The first kappa shape index (κ1) is 31.9. The summed E-state index contributed by atoms with van der Waals surface area (Å²) in [5, 5.41) is 12.4. The second-order valence-electron chi connectivity index (χ2n) is 13.1. The van der Waals surface area contributed by atoms with Gasteiger partial charge in [0.05, 0.1) is 36.5 Å². The minimum atomic E-state index is -0.134. The first-order valence-electron chi connectivity index (χ1n) is 16.9. The lowest BCUT2D eigenvalue weighted by atomic mass is 9.94. The number of anilines is 1. The summed E-state index contributed by atoms with van der Waals surface area (Å²) in [6.07, 6.45) is 12.3. The zero-order chi connectivity index (χ0) is 34.4. The molecular weight excluding hydrogens is 650 g/mol. The van der Waals surface area contributed by atoms with Crippen LogP contribution in [0, 0.1) is 0 Å². The Kier molecular flexibility index (Phi) is 8.41. The maximum Gasteiger partial charge on any atom is 0.257 e. The summed E-state index contributed by atoms with van der Waals surface area (Å²) in [5.41, 5.74) is 6.93. The minimum absolute atomic E-state index is 0.0289. The van der Waals surface area contributed by atoms with Gasteiger partial charge in [-0.3, -0.25) is 14.6 Å². The molecule has 8 nitrogen and oxygen atoms in total. The van der Waals surface area contributed by atoms with Crippen molar-refractivity contribution in [3.05, 3.63) is 124 Å². The van der Waals surface area contributed by atoms with Crippen molar-refractivity contribution >= 4 is 51.8 Å². The van der Waals surface area contributed by atoms with Crippen molar-refractivity contribution in [2.45, 2.75) is 37.8 Å². The van der Waals surface area contributed by atoms with Gasteiger partial charge in [-0.05, 0) is 52.1 Å². The number of ether oxygens (including phenoxy) is 2. The minimum Gasteiger partial charge on any atom is -0.507 e. The Morgan fingerprint density at radius 3 is 2.66 bits per heavy atom. The number of benzene rings is 4. The number of methoxy groups -OCH3 is 1. The maximum atomic E-state index is 13.7. The fraction of sp³-hybridized carbons (Fsp3) is 0.244. The number of phenolic OH excluding ortho intramolecular Hbond substituents is 1. The van der Waals surface area contributed by atoms with E-state index in [9.17, 15) is 14.7 Å². The Morgan fingerprint density at radius 2 is 1.86 bits per heavy atom. The largest absolute Gasteiger partial charge is 0.507 e. The van der Waals surface area contributed by atoms with Gasteiger partial charge in [0.2, 0.25) is 5.91 Å². The predicted molar refractivity (Wildman–Crippen MR) is 196 cm³/mol. The molecule has 50 heavy (non-hydrogen) atoms. The molecule has 9 heteroatoms. The molecular formula is C41H36ClN3O5. The number of aliphatic imine (C=N–C) groups is 1. The van der Waals surface area contributed by atoms with Crippen LogP contribution in [-0.2, 0) is 17.8 Å². The molecule has 0 bridgehead atoms. The molecule has 0 unspecified atom stereocenters. The Hall–Kier alpha value is -5.34. The second-order valence-corrected chi connectivity index (χ2v) is 13.4. The normalized spacial score (nSPS) is 19.1. The van der Waals surface area contributed by atoms with Crippen molar-refractivity contribution in [1.82, 2.24) is 4.90 Å². The summed E-state index contributed by atoms with van der Waals surface area (Å²) in [6.45, 7) is 1.20. The van der Waals surface area contributed by atoms with Crippen LogP contribution in [0.15, 0.2) is 107 Å². The summed E-state index contributed by atoms with van der Waals surface area (Å²) in [7, 11) is 1.56. The van der Waals surface area contributed by atoms with Gasteiger partial charge in [-0.25, -0.2) is 0 Å². The highest BCUT2D eigenvalue weighted by molar-refractivity contribution is 6.19. The first-order chi connectivity index (χ1) is 24.4. The molecule has 1 aliphatic carbocycles. The van der Waals surface area contributed by atoms with E-state index in [1.54, 1.807) is 30.2 Å². The Balaban J connectivity index is 0.984. The topological polar surface area (TPSA) is 91.7 Å². The molecule has 4 aliphatic rings. The van der Waals surface area contributed by atoms with E-state index in [4.69, 9.17) is 26.1 Å². The number of carbonyl (C=O) groups excluding carboxylic acids is 2. The Morgan fingerprint density at radius 1 is 1.02 bits per heavy atom. The van der Waals surface area contributed by atoms with Gasteiger partial charge >= 0.3 is 0 Å². The van der Waals surface area contributed by atoms with Crippen molar-refractivity contribution in [1.29, 1.82) is 0 Å². The van der Waals surface area contributed by atoms with Crippen LogP contribution in [0.2, 0.25) is 0 Å². The van der Waals surface area contributed by atoms with E-state index >= 15 is 0 Å². The van der Waals surface area contributed by atoms with E-state index in [1.165, 1.54) is 11.1 Å². The molecule has 4 aromatic carbocycles. The monoisotopic (exact) mass is 685 g/mol. The number of fused-ring (bicyclic) bond motifs is 5. The fourth-order valence-electron chi connectivity index (χ4n) is 7.53. The number of rotatable bonds is 8. The van der Waals surface area contributed by atoms with E-state index in [0.29, 0.717) is 47.4 Å². The lowest BCUT2D eigenvalue weighted by Gasteiger charge is -2.32. The highest BCUT2D eigenvalue weighted by Gasteiger charge is 2.35. The summed E-state index contributed by atoms with van der Waals surface area (Å²) < 4.78 is 11.9. The number of phenols is 1. The number of alkyl halides is 1. The van der Waals surface area contributed by atoms with Crippen molar-refractivity contribution < 1.29 is 24.2 Å². The predicted octanol–water partition coefficient (Wildman–Crippen LogP) is 7.79. The number of amides is 2. The Labute approximate surface area is 295 Å². The third kappa shape index (κ3) is 5.73. The molecule has 0 saturated heterocycles. The van der Waals surface area contributed by atoms with Crippen LogP contribution in [-0.4, -0.2) is 60.2 Å². The summed E-state index contributed by atoms with van der Waals surface area (Å²) in [4.78, 5) is 35.8. The van der Waals surface area contributed by atoms with Gasteiger partial charge in [0, 0.05) is 48.6 Å². The van der Waals surface area contributed by atoms with Gasteiger partial charge in [0.15, 0.2) is 11.5 Å². The maximum absolute atomic E-state index is 13.7. The van der Waals surface area contributed by atoms with Crippen molar-refractivity contribution in [3.8, 4) is 17.2 Å². The Bertz CT molecular complexity index is 2170. The lowest BCUT2D eigenvalue weighted by molar-refractivity contribution is -0.117. The zero-order valence-electron chi connectivity index (χ0n) is 27.6. The molecule has 4 aromatic rings. The SMILES string of the molecule is COc1cc2c(cc1OCc1cccc(CC(=O)N3C[C@@H](CCl)c4c3cc(O)c3ccccc43)c1)N=C[C@@H]1CC(C3=CCC=C3)=CCN1C2=O. The smallest absolute Gasteiger partial charge is 0.257 e. The molecule has 3 heterocycles. The van der Waals surface area contributed by atoms with Gasteiger partial charge in [-0.15, -0.1) is 11.6 Å². The molecule has 0 radical (unpaired) electrons. The molecule has 1 N–H and O–H groups in total. The third-order valence-corrected chi connectivity index (χ3v) is 10.4. The van der Waals surface area contributed by atoms with E-state index < -0.39 is 0 Å². The lowest BCUT2D eigenvalue weighted by Crippen LogP contribution is -2.43. The standard InChI is InChI=1S/C41H36ClN3O5/c1-49-37-18-33-34(43-22-30-17-28(27-9-2-3-10-27)13-14-44(30)41(33)48)19-38(37)50-24-26-8-6-7-25(15-26)16-39(47)45-23-29(21-42)40-32-12-5-4-11-31(32)36(46)20-35(40)45/h2,4-13,15,18-20,22,29-30,46H,3,14,16-17,21,23-24H2,1H3/t29-,30+/m1/s1. The van der Waals surface area contributed by atoms with Gasteiger partial charge in [-0.2, -0.15) is 0 Å². The number of carbonyl (C=O) groups is 2. The van der Waals surface area contributed by atoms with Gasteiger partial charge in [-0.1, -0.05) is 72.8 Å². The van der Waals surface area contributed by atoms with E-state index in [0.717, 1.165) is 40.3 Å². The second kappa shape index (κ2) is 13.2. The van der Waals surface area contributed by atoms with Gasteiger partial charge < -0.3 is 24.4 Å². The number of allylic oxidation sites excluding steroid dienone is 4. The van der Waals surface area contributed by atoms with Crippen LogP contribution in [0.1, 0.15) is 45.8 Å². The fourth-order valence-corrected chi connectivity index (χ4v) is 7.78. The van der Waals surface area contributed by atoms with Crippen molar-refractivity contribution in [2.24, 2.45) is 4.99 Å². The highest BCUT2D eigenvalue weighted by atomic mass is 35.5. The molecule has 0 spiro atoms. The molecule has 252 valence electrons. The van der Waals surface area contributed by atoms with Crippen LogP contribution in [0.5, 0.6) is 17.2 Å². The average molecular weight is 686 g/mol. The van der Waals surface area contributed by atoms with Gasteiger partial charge in [0.25, 0.3) is 5.91 Å². The highest BCUT2D eigenvalue weighted by Crippen LogP contribution is 2.45. The average Bonchev–Trinajstić information content (AvgIpc) is 3.79. The molecule has 8 rings (SSSR count). The number of hydrogen-bond donors (Lipinski definition) is 1. The molecule has 2 atom stereocenters. The van der Waals surface area contributed by atoms with E-state index in [-0.39, 0.29) is 42.6 Å². The van der Waals surface area contributed by atoms with E-state index in [2.05, 4.69) is 24.3 Å². The molecule has 0 aromatic heterocycles. The molecule has 2 amide bonds. The van der Waals surface area contributed by atoms with Crippen molar-refractivity contribution in [3.63, 3.8) is 0 Å². The molecule has 0 saturated carbocycles. The van der Waals surface area contributed by atoms with Crippen molar-refractivity contribution in [2.75, 3.05) is 31.0 Å². The van der Waals surface area contributed by atoms with Gasteiger partial charge in [0.1, 0.15) is 12.4 Å². The third-order valence-electron chi connectivity index (χ3n) is 10.0. The van der Waals surface area contributed by atoms with Crippen LogP contribution >= 0.6 is 11.6 Å². The number of aromatic hydroxyl groups is 1. The van der Waals surface area contributed by atoms with Crippen LogP contribution in [0.25, 0.3) is 10.8 Å². The molecule has 3 aliphatic heterocycles. The van der Waals surface area contributed by atoms with E-state index in [1.807, 2.05) is 59.6 Å². The van der Waals surface area contributed by atoms with Crippen LogP contribution in [0.3, 0.4) is 0 Å². The number of halogens is 1. The first-order valence-corrected chi connectivity index (χ1v) is 17.4. The summed E-state index contributed by atoms with van der Waals surface area (Å²) in [6, 6.07) is 20.4. The number of nitrogens with zero attached hydrogens (tertiary/aromatic N) is 3. The number of hydrogen-bond acceptors (Lipinski definition) is 6. The summed E-state index contributed by atoms with van der Waals surface area (Å²) in [5.74, 6) is 1.26. The quantitative estimate of drug-likeness (QED) is 0.191. The van der Waals surface area contributed by atoms with Crippen LogP contribution in [0.4, 0.5) is 11.4 Å².